The molecule has 1 saturated heterocycles. The van der Waals surface area contributed by atoms with Gasteiger partial charge in [-0.2, -0.15) is 0 Å². The Balaban J connectivity index is 1.70. The van der Waals surface area contributed by atoms with Crippen LogP contribution in [-0.2, 0) is 4.79 Å². The fourth-order valence-electron chi connectivity index (χ4n) is 3.90. The maximum atomic E-state index is 11.4. The summed E-state index contributed by atoms with van der Waals surface area (Å²) in [4.78, 5) is 23.5. The third kappa shape index (κ3) is 3.75. The van der Waals surface area contributed by atoms with Gasteiger partial charge in [0.15, 0.2) is 0 Å². The molecule has 1 aliphatic heterocycles. The van der Waals surface area contributed by atoms with E-state index in [1.807, 2.05) is 19.1 Å². The average molecular weight is 349 g/mol. The second kappa shape index (κ2) is 7.15. The maximum Gasteiger partial charge on any atom is 0.336 e. The SMILES string of the molecule is Cc1ccc(C(=O)O)c(S[C@H]2CC[C@H]3CN[C@H](C(=O)O)C[C@@H]3C2)c1. The third-order valence-electron chi connectivity index (χ3n) is 5.22. The second-order valence-electron chi connectivity index (χ2n) is 6.91. The Hall–Kier alpha value is -1.53. The molecule has 2 aliphatic rings. The Morgan fingerprint density at radius 3 is 2.67 bits per heavy atom. The lowest BCUT2D eigenvalue weighted by Gasteiger charge is -2.41. The largest absolute Gasteiger partial charge is 0.480 e. The molecule has 6 heteroatoms. The van der Waals surface area contributed by atoms with Crippen molar-refractivity contribution in [1.82, 2.24) is 5.32 Å². The number of aromatic carboxylic acids is 1. The van der Waals surface area contributed by atoms with E-state index >= 15 is 0 Å². The molecule has 0 amide bonds. The molecule has 1 aromatic rings. The van der Waals surface area contributed by atoms with Gasteiger partial charge in [0.1, 0.15) is 6.04 Å². The summed E-state index contributed by atoms with van der Waals surface area (Å²) in [7, 11) is 0. The van der Waals surface area contributed by atoms with E-state index in [0.29, 0.717) is 29.1 Å². The van der Waals surface area contributed by atoms with E-state index in [1.165, 1.54) is 0 Å². The zero-order chi connectivity index (χ0) is 17.3. The summed E-state index contributed by atoms with van der Waals surface area (Å²) >= 11 is 1.65. The summed E-state index contributed by atoms with van der Waals surface area (Å²) in [6.45, 7) is 2.75. The van der Waals surface area contributed by atoms with Crippen molar-refractivity contribution in [3.05, 3.63) is 29.3 Å². The molecule has 2 fully saturated rings. The van der Waals surface area contributed by atoms with Crippen LogP contribution in [0.15, 0.2) is 23.1 Å². The fraction of sp³-hybridized carbons (Fsp3) is 0.556. The molecule has 24 heavy (non-hydrogen) atoms. The van der Waals surface area contributed by atoms with E-state index in [-0.39, 0.29) is 0 Å². The third-order valence-corrected chi connectivity index (χ3v) is 6.57. The van der Waals surface area contributed by atoms with E-state index in [4.69, 9.17) is 0 Å². The Morgan fingerprint density at radius 2 is 1.96 bits per heavy atom. The molecule has 130 valence electrons. The first-order chi connectivity index (χ1) is 11.4. The molecule has 0 spiro atoms. The van der Waals surface area contributed by atoms with Gasteiger partial charge in [0, 0.05) is 10.1 Å². The van der Waals surface area contributed by atoms with Crippen LogP contribution in [0.1, 0.15) is 41.6 Å². The van der Waals surface area contributed by atoms with Crippen LogP contribution in [0.2, 0.25) is 0 Å². The van der Waals surface area contributed by atoms with Gasteiger partial charge in [0.25, 0.3) is 0 Å². The van der Waals surface area contributed by atoms with Gasteiger partial charge in [-0.1, -0.05) is 6.07 Å². The lowest BCUT2D eigenvalue weighted by Crippen LogP contribution is -2.49. The van der Waals surface area contributed by atoms with Gasteiger partial charge in [-0.15, -0.1) is 11.8 Å². The van der Waals surface area contributed by atoms with Crippen molar-refractivity contribution in [2.45, 2.75) is 48.8 Å². The monoisotopic (exact) mass is 349 g/mol. The number of benzene rings is 1. The fourth-order valence-corrected chi connectivity index (χ4v) is 5.39. The summed E-state index contributed by atoms with van der Waals surface area (Å²) in [5.41, 5.74) is 1.42. The second-order valence-corrected chi connectivity index (χ2v) is 8.25. The first kappa shape index (κ1) is 17.3. The first-order valence-corrected chi connectivity index (χ1v) is 9.28. The summed E-state index contributed by atoms with van der Waals surface area (Å²) in [5.74, 6) is -0.695. The quantitative estimate of drug-likeness (QED) is 0.775. The predicted molar refractivity (Wildman–Crippen MR) is 92.7 cm³/mol. The highest BCUT2D eigenvalue weighted by molar-refractivity contribution is 8.00. The van der Waals surface area contributed by atoms with Crippen molar-refractivity contribution < 1.29 is 19.8 Å². The standard InChI is InChI=1S/C18H23NO4S/c1-10-2-5-14(17(20)21)16(6-10)24-13-4-3-11-9-19-15(18(22)23)8-12(11)7-13/h2,5-6,11-13,15,19H,3-4,7-9H2,1H3,(H,20,21)(H,22,23)/t11-,12-,13-,15-/m0/s1. The number of carboxylic acids is 2. The van der Waals surface area contributed by atoms with E-state index in [0.717, 1.165) is 36.3 Å². The van der Waals surface area contributed by atoms with Crippen molar-refractivity contribution in [1.29, 1.82) is 0 Å². The predicted octanol–water partition coefficient (Wildman–Crippen LogP) is 3.02. The number of piperidine rings is 1. The highest BCUT2D eigenvalue weighted by Gasteiger charge is 2.38. The van der Waals surface area contributed by atoms with Crippen LogP contribution in [0, 0.1) is 18.8 Å². The molecular formula is C18H23NO4S. The van der Waals surface area contributed by atoms with Gasteiger partial charge >= 0.3 is 11.9 Å². The van der Waals surface area contributed by atoms with Gasteiger partial charge in [-0.25, -0.2) is 4.79 Å². The number of carboxylic acid groups (broad SMARTS) is 2. The van der Waals surface area contributed by atoms with Crippen LogP contribution in [0.5, 0.6) is 0 Å². The maximum absolute atomic E-state index is 11.4. The Labute approximate surface area is 145 Å². The average Bonchev–Trinajstić information content (AvgIpc) is 2.54. The number of aryl methyl sites for hydroxylation is 1. The zero-order valence-electron chi connectivity index (χ0n) is 13.7. The van der Waals surface area contributed by atoms with Crippen LogP contribution >= 0.6 is 11.8 Å². The number of nitrogens with one attached hydrogen (secondary N) is 1. The number of carbonyl (C=O) groups is 2. The van der Waals surface area contributed by atoms with Crippen molar-refractivity contribution in [3.63, 3.8) is 0 Å². The summed E-state index contributed by atoms with van der Waals surface area (Å²) in [5, 5.41) is 22.1. The van der Waals surface area contributed by atoms with Crippen molar-refractivity contribution in [2.75, 3.05) is 6.54 Å². The molecule has 3 N–H and O–H groups in total. The van der Waals surface area contributed by atoms with Gasteiger partial charge in [-0.05, 0) is 68.7 Å². The van der Waals surface area contributed by atoms with Gasteiger partial charge in [0.05, 0.1) is 5.56 Å². The van der Waals surface area contributed by atoms with Crippen LogP contribution in [0.25, 0.3) is 0 Å². The van der Waals surface area contributed by atoms with Gasteiger partial charge in [0.2, 0.25) is 0 Å². The Morgan fingerprint density at radius 1 is 1.17 bits per heavy atom. The zero-order valence-corrected chi connectivity index (χ0v) is 14.5. The van der Waals surface area contributed by atoms with Crippen molar-refractivity contribution in [2.24, 2.45) is 11.8 Å². The van der Waals surface area contributed by atoms with Crippen LogP contribution in [0.3, 0.4) is 0 Å². The number of rotatable bonds is 4. The minimum absolute atomic E-state index is 0.360. The minimum Gasteiger partial charge on any atom is -0.480 e. The number of thioether (sulfide) groups is 1. The van der Waals surface area contributed by atoms with E-state index in [9.17, 15) is 19.8 Å². The lowest BCUT2D eigenvalue weighted by atomic mass is 9.73. The van der Waals surface area contributed by atoms with E-state index in [2.05, 4.69) is 5.32 Å². The van der Waals surface area contributed by atoms with Crippen molar-refractivity contribution in [3.8, 4) is 0 Å². The lowest BCUT2D eigenvalue weighted by molar-refractivity contribution is -0.141. The highest BCUT2D eigenvalue weighted by atomic mass is 32.2. The molecular weight excluding hydrogens is 326 g/mol. The number of hydrogen-bond acceptors (Lipinski definition) is 4. The smallest absolute Gasteiger partial charge is 0.336 e. The Bertz CT molecular complexity index is 648. The molecule has 0 radical (unpaired) electrons. The highest BCUT2D eigenvalue weighted by Crippen LogP contribution is 2.43. The summed E-state index contributed by atoms with van der Waals surface area (Å²) < 4.78 is 0. The van der Waals surface area contributed by atoms with E-state index in [1.54, 1.807) is 17.8 Å². The van der Waals surface area contributed by atoms with Gasteiger partial charge in [-0.3, -0.25) is 4.79 Å². The van der Waals surface area contributed by atoms with Crippen LogP contribution < -0.4 is 5.32 Å². The topological polar surface area (TPSA) is 86.6 Å². The number of aliphatic carboxylic acids is 1. The molecule has 1 aromatic carbocycles. The van der Waals surface area contributed by atoms with Gasteiger partial charge < -0.3 is 15.5 Å². The molecule has 3 rings (SSSR count). The molecule has 1 saturated carbocycles. The molecule has 1 heterocycles. The number of hydrogen-bond donors (Lipinski definition) is 3. The molecule has 0 bridgehead atoms. The molecule has 0 unspecified atom stereocenters. The van der Waals surface area contributed by atoms with Crippen molar-refractivity contribution >= 4 is 23.7 Å². The first-order valence-electron chi connectivity index (χ1n) is 8.41. The summed E-state index contributed by atoms with van der Waals surface area (Å²) in [6, 6.07) is 5.01. The molecule has 4 atom stereocenters. The van der Waals surface area contributed by atoms with Crippen LogP contribution in [0.4, 0.5) is 0 Å². The molecule has 0 aromatic heterocycles. The molecule has 5 nitrogen and oxygen atoms in total. The Kier molecular flexibility index (Phi) is 5.15. The minimum atomic E-state index is -0.890. The van der Waals surface area contributed by atoms with Crippen LogP contribution in [-0.4, -0.2) is 40.0 Å². The summed E-state index contributed by atoms with van der Waals surface area (Å²) in [6.07, 6.45) is 3.78. The molecule has 1 aliphatic carbocycles. The normalized spacial score (nSPS) is 29.7. The number of fused-ring (bicyclic) bond motifs is 1. The van der Waals surface area contributed by atoms with E-state index < -0.39 is 18.0 Å².